The van der Waals surface area contributed by atoms with E-state index in [1.165, 1.54) is 0 Å². The molecule has 8 heteroatoms. The number of ketones is 1. The predicted molar refractivity (Wildman–Crippen MR) is 162 cm³/mol. The summed E-state index contributed by atoms with van der Waals surface area (Å²) < 4.78 is 5.59. The van der Waals surface area contributed by atoms with Crippen molar-refractivity contribution in [1.82, 2.24) is 10.6 Å². The average Bonchev–Trinajstić information content (AvgIpc) is 3.63. The van der Waals surface area contributed by atoms with Gasteiger partial charge in [0.05, 0.1) is 12.1 Å². The Labute approximate surface area is 242 Å². The summed E-state index contributed by atoms with van der Waals surface area (Å²) in [7, 11) is -0.421. The number of Topliss-reactive ketones (excluding diaryl/α,β-unsaturated/α-hetero) is 1. The maximum atomic E-state index is 13.5. The van der Waals surface area contributed by atoms with Crippen molar-refractivity contribution >= 4 is 33.6 Å². The number of nitrogens with zero attached hydrogens (tertiary/aromatic N) is 1. The van der Waals surface area contributed by atoms with Gasteiger partial charge in [0.15, 0.2) is 5.78 Å². The molecular formula is C33H33N3O4S. The second-order valence-corrected chi connectivity index (χ2v) is 12.5. The molecule has 210 valence electrons. The summed E-state index contributed by atoms with van der Waals surface area (Å²) in [5.41, 5.74) is 5.33. The first-order valence-electron chi connectivity index (χ1n) is 13.9. The van der Waals surface area contributed by atoms with Gasteiger partial charge in [0.1, 0.15) is 17.9 Å². The maximum Gasteiger partial charge on any atom is 0.407 e. The molecule has 41 heavy (non-hydrogen) atoms. The number of nitrogens with one attached hydrogen (secondary N) is 2. The Bertz CT molecular complexity index is 1470. The molecule has 2 aliphatic rings. The van der Waals surface area contributed by atoms with E-state index in [1.807, 2.05) is 66.7 Å². The second-order valence-electron chi connectivity index (χ2n) is 10.3. The van der Waals surface area contributed by atoms with Gasteiger partial charge in [0, 0.05) is 5.92 Å². The van der Waals surface area contributed by atoms with Crippen LogP contribution in [0.25, 0.3) is 11.1 Å². The topological polar surface area (TPSA) is 108 Å². The molecule has 0 bridgehead atoms. The lowest BCUT2D eigenvalue weighted by atomic mass is 9.98. The van der Waals surface area contributed by atoms with E-state index in [4.69, 9.17) is 4.74 Å². The molecule has 2 unspecified atom stereocenters. The number of carbonyl (C=O) groups excluding carboxylic acids is 3. The van der Waals surface area contributed by atoms with Crippen molar-refractivity contribution in [1.29, 1.82) is 5.26 Å². The van der Waals surface area contributed by atoms with Gasteiger partial charge >= 0.3 is 6.09 Å². The third-order valence-corrected chi connectivity index (χ3v) is 9.98. The first kappa shape index (κ1) is 28.3. The Balaban J connectivity index is 1.22. The molecule has 3 aromatic rings. The maximum absolute atomic E-state index is 13.5. The number of rotatable bonds is 10. The molecule has 1 heterocycles. The zero-order chi connectivity index (χ0) is 28.8. The minimum Gasteiger partial charge on any atom is -0.449 e. The Hall–Kier alpha value is -4.22. The van der Waals surface area contributed by atoms with E-state index in [0.29, 0.717) is 0 Å². The van der Waals surface area contributed by atoms with Crippen molar-refractivity contribution in [3.8, 4) is 17.2 Å². The third-order valence-electron chi connectivity index (χ3n) is 7.61. The fourth-order valence-corrected chi connectivity index (χ4v) is 7.66. The van der Waals surface area contributed by atoms with Gasteiger partial charge in [-0.1, -0.05) is 84.2 Å². The lowest BCUT2D eigenvalue weighted by Crippen LogP contribution is -2.52. The summed E-state index contributed by atoms with van der Waals surface area (Å²) in [4.78, 5) is 39.5. The minimum atomic E-state index is -0.947. The summed E-state index contributed by atoms with van der Waals surface area (Å²) >= 11 is 0. The highest BCUT2D eigenvalue weighted by molar-refractivity contribution is 8.16. The molecule has 0 spiro atoms. The van der Waals surface area contributed by atoms with Gasteiger partial charge in [-0.25, -0.2) is 4.79 Å². The molecule has 3 aromatic carbocycles. The fourth-order valence-electron chi connectivity index (χ4n) is 5.50. The van der Waals surface area contributed by atoms with Crippen LogP contribution in [0.5, 0.6) is 0 Å². The van der Waals surface area contributed by atoms with E-state index in [2.05, 4.69) is 34.2 Å². The standard InChI is InChI=1S/C33H33N3O4S/c1-22(35-33(39)40-21-28-26-15-7-5-13-24(26)25-14-6-8-16-27(25)28)32(38)36-29(19-23-11-3-2-4-12-23)31(37)30(20-34)41-17-9-10-18-41/h2-8,11-17,22,28-30H,9-10,18-19,21H2,1H3,(H,35,39)(H,36,38)/t22-,29-,30?,41?/m0/s1. The number of hydrogen-bond donors (Lipinski definition) is 2. The lowest BCUT2D eigenvalue weighted by Gasteiger charge is -2.23. The fraction of sp³-hybridized carbons (Fsp3) is 0.303. The molecule has 2 amide bonds. The zero-order valence-corrected chi connectivity index (χ0v) is 23.7. The summed E-state index contributed by atoms with van der Waals surface area (Å²) in [6.07, 6.45) is 1.41. The molecule has 1 aliphatic heterocycles. The van der Waals surface area contributed by atoms with Crippen molar-refractivity contribution in [3.63, 3.8) is 0 Å². The highest BCUT2D eigenvalue weighted by atomic mass is 32.2. The van der Waals surface area contributed by atoms with Crippen LogP contribution in [0.3, 0.4) is 0 Å². The molecular weight excluding hydrogens is 534 g/mol. The minimum absolute atomic E-state index is 0.0960. The Kier molecular flexibility index (Phi) is 8.95. The first-order chi connectivity index (χ1) is 20.0. The van der Waals surface area contributed by atoms with E-state index in [9.17, 15) is 19.6 Å². The Morgan fingerprint density at radius 1 is 0.951 bits per heavy atom. The van der Waals surface area contributed by atoms with Crippen LogP contribution in [-0.2, 0) is 20.7 Å². The highest BCUT2D eigenvalue weighted by Crippen LogP contribution is 2.44. The molecule has 2 N–H and O–H groups in total. The largest absolute Gasteiger partial charge is 0.449 e. The van der Waals surface area contributed by atoms with Crippen molar-refractivity contribution in [2.24, 2.45) is 0 Å². The van der Waals surface area contributed by atoms with E-state index >= 15 is 0 Å². The summed E-state index contributed by atoms with van der Waals surface area (Å²) in [5, 5.41) is 16.5. The van der Waals surface area contributed by atoms with Crippen LogP contribution >= 0.6 is 10.5 Å². The molecule has 7 nitrogen and oxygen atoms in total. The molecule has 4 atom stereocenters. The van der Waals surface area contributed by atoms with Crippen LogP contribution in [0.15, 0.2) is 78.9 Å². The first-order valence-corrected chi connectivity index (χ1v) is 15.4. The van der Waals surface area contributed by atoms with Crippen LogP contribution in [0.2, 0.25) is 0 Å². The molecule has 0 fully saturated rings. The van der Waals surface area contributed by atoms with Crippen molar-refractivity contribution < 1.29 is 19.1 Å². The van der Waals surface area contributed by atoms with Crippen LogP contribution in [0, 0.1) is 11.3 Å². The number of amides is 2. The zero-order valence-electron chi connectivity index (χ0n) is 22.9. The molecule has 0 saturated carbocycles. The third kappa shape index (κ3) is 6.41. The number of ether oxygens (including phenoxy) is 1. The lowest BCUT2D eigenvalue weighted by molar-refractivity contribution is -0.128. The van der Waals surface area contributed by atoms with Crippen LogP contribution in [0.4, 0.5) is 4.79 Å². The summed E-state index contributed by atoms with van der Waals surface area (Å²) in [6, 6.07) is 25.9. The molecule has 5 rings (SSSR count). The van der Waals surface area contributed by atoms with E-state index < -0.39 is 39.8 Å². The van der Waals surface area contributed by atoms with Gasteiger partial charge in [-0.3, -0.25) is 9.59 Å². The monoisotopic (exact) mass is 567 g/mol. The normalized spacial score (nSPS) is 17.6. The van der Waals surface area contributed by atoms with Crippen LogP contribution in [0.1, 0.15) is 42.4 Å². The molecule has 0 radical (unpaired) electrons. The van der Waals surface area contributed by atoms with Crippen molar-refractivity contribution in [3.05, 3.63) is 95.6 Å². The number of carbonyl (C=O) groups is 3. The second kappa shape index (κ2) is 13.0. The summed E-state index contributed by atoms with van der Waals surface area (Å²) in [5.74, 6) is -0.0838. The van der Waals surface area contributed by atoms with Gasteiger partial charge in [-0.15, -0.1) is 0 Å². The quantitative estimate of drug-likeness (QED) is 0.337. The number of hydrogen-bond acceptors (Lipinski definition) is 5. The predicted octanol–water partition coefficient (Wildman–Crippen LogP) is 4.97. The summed E-state index contributed by atoms with van der Waals surface area (Å²) in [6.45, 7) is 1.68. The van der Waals surface area contributed by atoms with E-state index in [1.54, 1.807) is 6.92 Å². The van der Waals surface area contributed by atoms with Gasteiger partial charge in [-0.2, -0.15) is 15.7 Å². The average molecular weight is 568 g/mol. The number of benzene rings is 3. The highest BCUT2D eigenvalue weighted by Gasteiger charge is 2.33. The van der Waals surface area contributed by atoms with Gasteiger partial charge in [0.25, 0.3) is 0 Å². The molecule has 1 aliphatic carbocycles. The van der Waals surface area contributed by atoms with Gasteiger partial charge < -0.3 is 15.4 Å². The number of fused-ring (bicyclic) bond motifs is 3. The Morgan fingerprint density at radius 2 is 1.59 bits per heavy atom. The van der Waals surface area contributed by atoms with E-state index in [0.717, 1.165) is 46.4 Å². The van der Waals surface area contributed by atoms with Crippen LogP contribution in [-0.4, -0.2) is 52.8 Å². The van der Waals surface area contributed by atoms with Crippen molar-refractivity contribution in [2.45, 2.75) is 49.4 Å². The molecule has 0 aromatic heterocycles. The molecule has 0 saturated heterocycles. The Morgan fingerprint density at radius 3 is 2.20 bits per heavy atom. The van der Waals surface area contributed by atoms with Crippen LogP contribution < -0.4 is 10.6 Å². The number of alkyl carbamates (subject to hydrolysis) is 1. The van der Waals surface area contributed by atoms with E-state index in [-0.39, 0.29) is 24.7 Å². The van der Waals surface area contributed by atoms with Gasteiger partial charge in [-0.05, 0) is 59.8 Å². The van der Waals surface area contributed by atoms with Gasteiger partial charge in [0.2, 0.25) is 5.91 Å². The number of nitriles is 1. The SMILES string of the molecule is C[C@H](NC(=O)OCC1c2ccccc2-c2ccccc21)C(=O)N[C@@H](Cc1ccccc1)C(=O)C(C#N)S1=CCCC1. The smallest absolute Gasteiger partial charge is 0.407 e. The van der Waals surface area contributed by atoms with Crippen molar-refractivity contribution in [2.75, 3.05) is 12.4 Å².